The van der Waals surface area contributed by atoms with E-state index in [0.717, 1.165) is 35.8 Å². The molecule has 4 rings (SSSR count). The lowest BCUT2D eigenvalue weighted by molar-refractivity contribution is -0.141. The molecule has 0 saturated carbocycles. The highest BCUT2D eigenvalue weighted by molar-refractivity contribution is 7.12. The minimum Gasteiger partial charge on any atom is -0.379 e. The molecule has 1 fully saturated rings. The molecule has 2 aromatic rings. The number of halogens is 1. The summed E-state index contributed by atoms with van der Waals surface area (Å²) >= 11 is 7.69. The van der Waals surface area contributed by atoms with Gasteiger partial charge in [-0.15, -0.1) is 11.3 Å². The van der Waals surface area contributed by atoms with Crippen molar-refractivity contribution in [2.24, 2.45) is 5.10 Å². The van der Waals surface area contributed by atoms with Gasteiger partial charge in [-0.3, -0.25) is 14.5 Å². The fourth-order valence-electron chi connectivity index (χ4n) is 4.11. The number of thiophene rings is 1. The van der Waals surface area contributed by atoms with Crippen LogP contribution in [0.25, 0.3) is 0 Å². The monoisotopic (exact) mass is 488 g/mol. The zero-order chi connectivity index (χ0) is 23.2. The van der Waals surface area contributed by atoms with Gasteiger partial charge in [0.2, 0.25) is 5.91 Å². The van der Waals surface area contributed by atoms with Crippen molar-refractivity contribution in [3.8, 4) is 0 Å². The lowest BCUT2D eigenvalue weighted by Crippen LogP contribution is -2.46. The van der Waals surface area contributed by atoms with Crippen LogP contribution in [0.5, 0.6) is 0 Å². The number of nitrogens with zero attached hydrogens (tertiary/aromatic N) is 4. The van der Waals surface area contributed by atoms with Gasteiger partial charge in [0.1, 0.15) is 6.54 Å². The summed E-state index contributed by atoms with van der Waals surface area (Å²) in [6.07, 6.45) is 0.990. The van der Waals surface area contributed by atoms with E-state index in [0.29, 0.717) is 37.6 Å². The third kappa shape index (κ3) is 6.00. The normalized spacial score (nSPS) is 18.9. The van der Waals surface area contributed by atoms with Gasteiger partial charge in [-0.2, -0.15) is 5.10 Å². The van der Waals surface area contributed by atoms with Gasteiger partial charge in [0.25, 0.3) is 5.91 Å². The summed E-state index contributed by atoms with van der Waals surface area (Å²) in [5.74, 6) is -0.202. The second-order valence-electron chi connectivity index (χ2n) is 8.16. The molecule has 33 heavy (non-hydrogen) atoms. The molecule has 3 heterocycles. The van der Waals surface area contributed by atoms with E-state index in [-0.39, 0.29) is 24.4 Å². The molecule has 1 aromatic heterocycles. The predicted molar refractivity (Wildman–Crippen MR) is 131 cm³/mol. The number of hydrogen-bond acceptors (Lipinski definition) is 6. The number of morpholine rings is 1. The average molecular weight is 489 g/mol. The van der Waals surface area contributed by atoms with Crippen LogP contribution in [-0.2, 0) is 14.3 Å². The first-order valence-corrected chi connectivity index (χ1v) is 12.6. The molecule has 9 heteroatoms. The minimum atomic E-state index is -0.218. The van der Waals surface area contributed by atoms with Crippen LogP contribution < -0.4 is 0 Å². The fourth-order valence-corrected chi connectivity index (χ4v) is 4.96. The second-order valence-corrected chi connectivity index (χ2v) is 9.54. The van der Waals surface area contributed by atoms with Crippen molar-refractivity contribution in [2.75, 3.05) is 45.9 Å². The van der Waals surface area contributed by atoms with Gasteiger partial charge in [-0.1, -0.05) is 36.7 Å². The molecule has 176 valence electrons. The van der Waals surface area contributed by atoms with E-state index in [2.05, 4.69) is 4.90 Å². The molecule has 0 spiro atoms. The number of benzene rings is 1. The molecule has 0 radical (unpaired) electrons. The van der Waals surface area contributed by atoms with Crippen molar-refractivity contribution >= 4 is 40.5 Å². The van der Waals surface area contributed by atoms with Crippen LogP contribution in [0, 0.1) is 0 Å². The summed E-state index contributed by atoms with van der Waals surface area (Å²) < 4.78 is 5.40. The summed E-state index contributed by atoms with van der Waals surface area (Å²) in [6.45, 7) is 6.19. The van der Waals surface area contributed by atoms with E-state index >= 15 is 0 Å². The van der Waals surface area contributed by atoms with Crippen molar-refractivity contribution in [1.29, 1.82) is 0 Å². The third-order valence-electron chi connectivity index (χ3n) is 6.00. The van der Waals surface area contributed by atoms with Crippen LogP contribution in [0.15, 0.2) is 46.9 Å². The Labute approximate surface area is 203 Å². The topological polar surface area (TPSA) is 65.5 Å². The summed E-state index contributed by atoms with van der Waals surface area (Å²) in [5.41, 5.74) is 1.87. The molecule has 0 N–H and O–H groups in total. The Balaban J connectivity index is 1.51. The molecule has 1 atom stereocenters. The van der Waals surface area contributed by atoms with Gasteiger partial charge in [-0.25, -0.2) is 5.01 Å². The van der Waals surface area contributed by atoms with Gasteiger partial charge in [-0.05, 0) is 29.1 Å². The van der Waals surface area contributed by atoms with Gasteiger partial charge in [0.15, 0.2) is 0 Å². The van der Waals surface area contributed by atoms with Gasteiger partial charge in [0, 0.05) is 44.0 Å². The van der Waals surface area contributed by atoms with E-state index in [9.17, 15) is 9.59 Å². The highest BCUT2D eigenvalue weighted by Gasteiger charge is 2.34. The number of ether oxygens (including phenoxy) is 1. The van der Waals surface area contributed by atoms with Crippen LogP contribution in [0.4, 0.5) is 0 Å². The summed E-state index contributed by atoms with van der Waals surface area (Å²) in [5, 5.41) is 8.93. The maximum atomic E-state index is 13.5. The highest BCUT2D eigenvalue weighted by atomic mass is 35.5. The molecular weight excluding hydrogens is 460 g/mol. The Bertz CT molecular complexity index is 974. The Morgan fingerprint density at radius 3 is 2.64 bits per heavy atom. The molecule has 2 aliphatic heterocycles. The smallest absolute Gasteiger partial charge is 0.262 e. The van der Waals surface area contributed by atoms with Crippen molar-refractivity contribution in [2.45, 2.75) is 25.8 Å². The lowest BCUT2D eigenvalue weighted by Gasteiger charge is -2.31. The molecule has 2 aliphatic rings. The van der Waals surface area contributed by atoms with Crippen molar-refractivity contribution < 1.29 is 14.3 Å². The maximum absolute atomic E-state index is 13.5. The van der Waals surface area contributed by atoms with Crippen LogP contribution in [0.3, 0.4) is 0 Å². The van der Waals surface area contributed by atoms with Crippen LogP contribution >= 0.6 is 22.9 Å². The van der Waals surface area contributed by atoms with E-state index in [4.69, 9.17) is 21.4 Å². The molecule has 0 bridgehead atoms. The van der Waals surface area contributed by atoms with Crippen LogP contribution in [0.1, 0.15) is 36.2 Å². The zero-order valence-electron chi connectivity index (χ0n) is 18.8. The van der Waals surface area contributed by atoms with E-state index in [1.807, 2.05) is 48.7 Å². The van der Waals surface area contributed by atoms with Crippen LogP contribution in [0.2, 0.25) is 5.02 Å². The molecule has 7 nitrogen and oxygen atoms in total. The number of amides is 2. The van der Waals surface area contributed by atoms with Crippen LogP contribution in [-0.4, -0.2) is 78.3 Å². The number of rotatable bonds is 8. The van der Waals surface area contributed by atoms with Gasteiger partial charge >= 0.3 is 0 Å². The Morgan fingerprint density at radius 1 is 1.21 bits per heavy atom. The Kier molecular flexibility index (Phi) is 8.14. The standard InChI is InChI=1S/C24H29ClN4O3S/c1-2-23(30)28(10-9-27-11-13-32-14-12-27)17-24(31)29-21(18-5-7-19(25)8-6-18)16-20(26-29)22-4-3-15-33-22/h3-8,15,21H,2,9-14,16-17H2,1H3/t21-/m0/s1. The van der Waals surface area contributed by atoms with Crippen molar-refractivity contribution in [3.63, 3.8) is 0 Å². The Morgan fingerprint density at radius 2 is 1.97 bits per heavy atom. The molecule has 0 unspecified atom stereocenters. The number of carbonyl (C=O) groups is 2. The zero-order valence-corrected chi connectivity index (χ0v) is 20.4. The van der Waals surface area contributed by atoms with Gasteiger partial charge in [0.05, 0.1) is 29.8 Å². The second kappa shape index (κ2) is 11.2. The largest absolute Gasteiger partial charge is 0.379 e. The Hall–Kier alpha value is -2.26. The molecular formula is C24H29ClN4O3S. The summed E-state index contributed by atoms with van der Waals surface area (Å²) in [4.78, 5) is 31.1. The highest BCUT2D eigenvalue weighted by Crippen LogP contribution is 2.34. The third-order valence-corrected chi connectivity index (χ3v) is 7.17. The first-order chi connectivity index (χ1) is 16.0. The molecule has 0 aliphatic carbocycles. The number of carbonyl (C=O) groups excluding carboxylic acids is 2. The summed E-state index contributed by atoms with van der Waals surface area (Å²) in [6, 6.07) is 11.3. The summed E-state index contributed by atoms with van der Waals surface area (Å²) in [7, 11) is 0. The molecule has 1 saturated heterocycles. The first-order valence-electron chi connectivity index (χ1n) is 11.3. The van der Waals surface area contributed by atoms with Gasteiger partial charge < -0.3 is 9.64 Å². The predicted octanol–water partition coefficient (Wildman–Crippen LogP) is 3.65. The SMILES string of the molecule is CCC(=O)N(CCN1CCOCC1)CC(=O)N1N=C(c2cccs2)C[C@H]1c1ccc(Cl)cc1. The van der Waals surface area contributed by atoms with E-state index < -0.39 is 0 Å². The molecule has 1 aromatic carbocycles. The quantitative estimate of drug-likeness (QED) is 0.569. The number of hydrogen-bond donors (Lipinski definition) is 0. The lowest BCUT2D eigenvalue weighted by atomic mass is 10.0. The number of hydrazone groups is 1. The molecule has 2 amide bonds. The fraction of sp³-hybridized carbons (Fsp3) is 0.458. The average Bonchev–Trinajstić information content (AvgIpc) is 3.52. The van der Waals surface area contributed by atoms with E-state index in [1.165, 1.54) is 0 Å². The van der Waals surface area contributed by atoms with Crippen molar-refractivity contribution in [1.82, 2.24) is 14.8 Å². The minimum absolute atomic E-state index is 0.0162. The maximum Gasteiger partial charge on any atom is 0.262 e. The van der Waals surface area contributed by atoms with E-state index in [1.54, 1.807) is 21.2 Å². The van der Waals surface area contributed by atoms with Crippen molar-refractivity contribution in [3.05, 3.63) is 57.2 Å². The first kappa shape index (κ1) is 23.9.